The molecule has 0 unspecified atom stereocenters. The van der Waals surface area contributed by atoms with Crippen molar-refractivity contribution in [1.82, 2.24) is 4.98 Å². The molecule has 0 atom stereocenters. The largest absolute Gasteiger partial charge is 0.421 e. The lowest BCUT2D eigenvalue weighted by Gasteiger charge is -2.04. The molecule has 17 heavy (non-hydrogen) atoms. The highest BCUT2D eigenvalue weighted by Gasteiger charge is 2.08. The number of rotatable bonds is 2. The summed E-state index contributed by atoms with van der Waals surface area (Å²) < 4.78 is 5.15. The van der Waals surface area contributed by atoms with E-state index >= 15 is 0 Å². The highest BCUT2D eigenvalue weighted by Crippen LogP contribution is 2.16. The zero-order valence-electron chi connectivity index (χ0n) is 9.18. The van der Waals surface area contributed by atoms with Crippen LogP contribution in [0.2, 0.25) is 5.02 Å². The van der Waals surface area contributed by atoms with Crippen LogP contribution in [0.3, 0.4) is 0 Å². The lowest BCUT2D eigenvalue weighted by molar-refractivity contribution is 0.0734. The molecule has 4 heteroatoms. The molecule has 0 fully saturated rings. The highest BCUT2D eigenvalue weighted by molar-refractivity contribution is 6.30. The fraction of sp³-hybridized carbons (Fsp3) is 0.0769. The number of aromatic nitrogens is 1. The molecule has 0 amide bonds. The van der Waals surface area contributed by atoms with Crippen molar-refractivity contribution in [3.63, 3.8) is 0 Å². The Balaban J connectivity index is 2.17. The van der Waals surface area contributed by atoms with E-state index in [2.05, 4.69) is 4.98 Å². The molecule has 1 aromatic carbocycles. The molecule has 2 rings (SSSR count). The van der Waals surface area contributed by atoms with Crippen molar-refractivity contribution in [1.29, 1.82) is 0 Å². The van der Waals surface area contributed by atoms with Gasteiger partial charge < -0.3 is 4.74 Å². The first-order valence-electron chi connectivity index (χ1n) is 5.04. The molecule has 0 saturated carbocycles. The van der Waals surface area contributed by atoms with Gasteiger partial charge in [-0.2, -0.15) is 0 Å². The Labute approximate surface area is 104 Å². The van der Waals surface area contributed by atoms with Gasteiger partial charge in [-0.25, -0.2) is 4.79 Å². The van der Waals surface area contributed by atoms with Gasteiger partial charge in [0.1, 0.15) is 0 Å². The van der Waals surface area contributed by atoms with E-state index in [0.717, 1.165) is 5.56 Å². The summed E-state index contributed by atoms with van der Waals surface area (Å²) in [4.78, 5) is 15.6. The predicted octanol–water partition coefficient (Wildman–Crippen LogP) is 3.26. The molecule has 0 radical (unpaired) electrons. The quantitative estimate of drug-likeness (QED) is 0.765. The number of halogens is 1. The lowest BCUT2D eigenvalue weighted by atomic mass is 10.1. The Hall–Kier alpha value is -1.87. The van der Waals surface area contributed by atoms with Crippen molar-refractivity contribution in [2.24, 2.45) is 0 Å². The Bertz CT molecular complexity index is 555. The number of pyridine rings is 1. The van der Waals surface area contributed by atoms with E-state index in [1.165, 1.54) is 12.4 Å². The average molecular weight is 248 g/mol. The third-order valence-corrected chi connectivity index (χ3v) is 2.35. The Morgan fingerprint density at radius 1 is 1.29 bits per heavy atom. The molecule has 0 aliphatic carbocycles. The van der Waals surface area contributed by atoms with Crippen LogP contribution in [0, 0.1) is 6.92 Å². The summed E-state index contributed by atoms with van der Waals surface area (Å²) in [5.41, 5.74) is 1.51. The molecule has 0 aliphatic rings. The molecule has 0 bridgehead atoms. The van der Waals surface area contributed by atoms with Crippen molar-refractivity contribution in [3.05, 3.63) is 58.9 Å². The summed E-state index contributed by atoms with van der Waals surface area (Å²) in [6.45, 7) is 1.91. The SMILES string of the molecule is Cc1cccc(C(=O)Oc2cncc(Cl)c2)c1. The lowest BCUT2D eigenvalue weighted by Crippen LogP contribution is -2.08. The summed E-state index contributed by atoms with van der Waals surface area (Å²) in [5.74, 6) is -0.0817. The van der Waals surface area contributed by atoms with Crippen LogP contribution in [0.4, 0.5) is 0 Å². The fourth-order valence-corrected chi connectivity index (χ4v) is 1.55. The summed E-state index contributed by atoms with van der Waals surface area (Å²) in [7, 11) is 0. The summed E-state index contributed by atoms with van der Waals surface area (Å²) in [5, 5.41) is 0.430. The average Bonchev–Trinajstić information content (AvgIpc) is 2.29. The number of carbonyl (C=O) groups excluding carboxylic acids is 1. The van der Waals surface area contributed by atoms with Gasteiger partial charge in [-0.1, -0.05) is 29.3 Å². The number of hydrogen-bond donors (Lipinski definition) is 0. The van der Waals surface area contributed by atoms with Gasteiger partial charge in [0.2, 0.25) is 0 Å². The maximum absolute atomic E-state index is 11.8. The van der Waals surface area contributed by atoms with Gasteiger partial charge in [0, 0.05) is 12.3 Å². The van der Waals surface area contributed by atoms with Crippen LogP contribution in [0.5, 0.6) is 5.75 Å². The first-order valence-corrected chi connectivity index (χ1v) is 5.42. The topological polar surface area (TPSA) is 39.2 Å². The number of aryl methyl sites for hydroxylation is 1. The van der Waals surface area contributed by atoms with Gasteiger partial charge in [-0.15, -0.1) is 0 Å². The zero-order chi connectivity index (χ0) is 12.3. The predicted molar refractivity (Wildman–Crippen MR) is 65.4 cm³/mol. The van der Waals surface area contributed by atoms with E-state index in [-0.39, 0.29) is 0 Å². The van der Waals surface area contributed by atoms with Gasteiger partial charge in [0.25, 0.3) is 0 Å². The van der Waals surface area contributed by atoms with E-state index in [1.54, 1.807) is 18.2 Å². The van der Waals surface area contributed by atoms with Crippen molar-refractivity contribution >= 4 is 17.6 Å². The van der Waals surface area contributed by atoms with Gasteiger partial charge >= 0.3 is 5.97 Å². The van der Waals surface area contributed by atoms with Crippen LogP contribution in [-0.2, 0) is 0 Å². The number of nitrogens with zero attached hydrogens (tertiary/aromatic N) is 1. The second kappa shape index (κ2) is 4.97. The second-order valence-corrected chi connectivity index (χ2v) is 4.03. The molecule has 1 aromatic heterocycles. The van der Waals surface area contributed by atoms with Crippen LogP contribution in [0.15, 0.2) is 42.7 Å². The zero-order valence-corrected chi connectivity index (χ0v) is 9.94. The molecule has 2 aromatic rings. The van der Waals surface area contributed by atoms with Gasteiger partial charge in [-0.05, 0) is 19.1 Å². The molecule has 3 nitrogen and oxygen atoms in total. The van der Waals surface area contributed by atoms with Crippen LogP contribution in [0.1, 0.15) is 15.9 Å². The maximum Gasteiger partial charge on any atom is 0.343 e. The second-order valence-electron chi connectivity index (χ2n) is 3.60. The van der Waals surface area contributed by atoms with E-state index in [0.29, 0.717) is 16.3 Å². The smallest absolute Gasteiger partial charge is 0.343 e. The number of hydrogen-bond acceptors (Lipinski definition) is 3. The van der Waals surface area contributed by atoms with Gasteiger partial charge in [0.15, 0.2) is 5.75 Å². The van der Waals surface area contributed by atoms with Crippen molar-refractivity contribution in [2.75, 3.05) is 0 Å². The normalized spacial score (nSPS) is 10.0. The molecule has 1 heterocycles. The third-order valence-electron chi connectivity index (χ3n) is 2.14. The summed E-state index contributed by atoms with van der Waals surface area (Å²) in [6, 6.07) is 8.73. The van der Waals surface area contributed by atoms with E-state index in [9.17, 15) is 4.79 Å². The fourth-order valence-electron chi connectivity index (χ4n) is 1.39. The minimum atomic E-state index is -0.419. The van der Waals surface area contributed by atoms with Crippen LogP contribution < -0.4 is 4.74 Å². The van der Waals surface area contributed by atoms with Crippen LogP contribution in [-0.4, -0.2) is 11.0 Å². The molecule has 0 spiro atoms. The Kier molecular flexibility index (Phi) is 3.40. The third kappa shape index (κ3) is 3.04. The summed E-state index contributed by atoms with van der Waals surface area (Å²) >= 11 is 5.75. The van der Waals surface area contributed by atoms with Crippen molar-refractivity contribution in [3.8, 4) is 5.75 Å². The molecule has 86 valence electrons. The minimum absolute atomic E-state index is 0.337. The van der Waals surface area contributed by atoms with Crippen molar-refractivity contribution < 1.29 is 9.53 Å². The van der Waals surface area contributed by atoms with Crippen molar-refractivity contribution in [2.45, 2.75) is 6.92 Å². The molecule has 0 saturated heterocycles. The minimum Gasteiger partial charge on any atom is -0.421 e. The molecular weight excluding hydrogens is 238 g/mol. The number of benzene rings is 1. The van der Waals surface area contributed by atoms with E-state index < -0.39 is 5.97 Å². The number of esters is 1. The molecular formula is C13H10ClNO2. The molecule has 0 N–H and O–H groups in total. The standard InChI is InChI=1S/C13H10ClNO2/c1-9-3-2-4-10(5-9)13(16)17-12-6-11(14)7-15-8-12/h2-8H,1H3. The van der Waals surface area contributed by atoms with Gasteiger partial charge in [0.05, 0.1) is 16.8 Å². The first kappa shape index (κ1) is 11.6. The van der Waals surface area contributed by atoms with Gasteiger partial charge in [-0.3, -0.25) is 4.98 Å². The Morgan fingerprint density at radius 3 is 2.82 bits per heavy atom. The number of ether oxygens (including phenoxy) is 1. The maximum atomic E-state index is 11.8. The number of carbonyl (C=O) groups is 1. The van der Waals surface area contributed by atoms with Crippen LogP contribution in [0.25, 0.3) is 0 Å². The van der Waals surface area contributed by atoms with E-state index in [1.807, 2.05) is 19.1 Å². The first-order chi connectivity index (χ1) is 8.15. The Morgan fingerprint density at radius 2 is 2.12 bits per heavy atom. The van der Waals surface area contributed by atoms with E-state index in [4.69, 9.17) is 16.3 Å². The van der Waals surface area contributed by atoms with Crippen LogP contribution >= 0.6 is 11.6 Å². The highest BCUT2D eigenvalue weighted by atomic mass is 35.5. The molecule has 0 aliphatic heterocycles. The monoisotopic (exact) mass is 247 g/mol. The summed E-state index contributed by atoms with van der Waals surface area (Å²) in [6.07, 6.45) is 2.92.